The summed E-state index contributed by atoms with van der Waals surface area (Å²) in [6.45, 7) is 0. The molecule has 94 valence electrons. The molecule has 0 heterocycles. The van der Waals surface area contributed by atoms with E-state index < -0.39 is 12.1 Å². The lowest BCUT2D eigenvalue weighted by Crippen LogP contribution is -2.28. The van der Waals surface area contributed by atoms with Crippen LogP contribution in [-0.2, 0) is 0 Å². The van der Waals surface area contributed by atoms with Gasteiger partial charge in [0.05, 0.1) is 26.4 Å². The molecule has 0 saturated heterocycles. The Bertz CT molecular complexity index is 390. The van der Waals surface area contributed by atoms with Gasteiger partial charge in [-0.1, -0.05) is 12.1 Å². The van der Waals surface area contributed by atoms with Gasteiger partial charge in [-0.3, -0.25) is 0 Å². The van der Waals surface area contributed by atoms with Crippen molar-refractivity contribution in [3.8, 4) is 11.5 Å². The molecule has 4 heteroatoms. The molecule has 1 aromatic rings. The maximum atomic E-state index is 10.1. The highest BCUT2D eigenvalue weighted by Gasteiger charge is 2.35. The molecule has 1 aliphatic carbocycles. The second-order valence-electron chi connectivity index (χ2n) is 4.44. The number of methoxy groups -OCH3 is 2. The Hall–Kier alpha value is -1.26. The third kappa shape index (κ3) is 2.37. The van der Waals surface area contributed by atoms with Crippen molar-refractivity contribution in [3.05, 3.63) is 23.8 Å². The first kappa shape index (κ1) is 12.2. The molecular formula is C13H19NO3. The monoisotopic (exact) mass is 237 g/mol. The number of hydrogen-bond acceptors (Lipinski definition) is 4. The van der Waals surface area contributed by atoms with Gasteiger partial charge in [0.15, 0.2) is 11.5 Å². The second-order valence-corrected chi connectivity index (χ2v) is 4.44. The largest absolute Gasteiger partial charge is 0.493 e. The number of aliphatic hydroxyl groups excluding tert-OH is 1. The number of ether oxygens (including phenoxy) is 2. The molecule has 0 amide bonds. The summed E-state index contributed by atoms with van der Waals surface area (Å²) < 4.78 is 10.5. The topological polar surface area (TPSA) is 64.7 Å². The fourth-order valence-corrected chi connectivity index (χ4v) is 2.09. The van der Waals surface area contributed by atoms with Crippen LogP contribution < -0.4 is 15.2 Å². The Labute approximate surface area is 101 Å². The van der Waals surface area contributed by atoms with Gasteiger partial charge < -0.3 is 20.3 Å². The van der Waals surface area contributed by atoms with E-state index in [4.69, 9.17) is 15.2 Å². The van der Waals surface area contributed by atoms with E-state index in [-0.39, 0.29) is 0 Å². The molecule has 0 aromatic heterocycles. The summed E-state index contributed by atoms with van der Waals surface area (Å²) in [4.78, 5) is 0. The molecule has 1 aromatic carbocycles. The lowest BCUT2D eigenvalue weighted by atomic mass is 9.98. The highest BCUT2D eigenvalue weighted by molar-refractivity contribution is 5.48. The van der Waals surface area contributed by atoms with Crippen molar-refractivity contribution in [1.82, 2.24) is 0 Å². The average molecular weight is 237 g/mol. The van der Waals surface area contributed by atoms with E-state index in [2.05, 4.69) is 0 Å². The molecule has 3 N–H and O–H groups in total. The zero-order valence-electron chi connectivity index (χ0n) is 10.2. The van der Waals surface area contributed by atoms with Gasteiger partial charge in [-0.25, -0.2) is 0 Å². The van der Waals surface area contributed by atoms with Crippen LogP contribution in [0, 0.1) is 5.92 Å². The molecule has 17 heavy (non-hydrogen) atoms. The molecule has 0 bridgehead atoms. The minimum Gasteiger partial charge on any atom is -0.493 e. The Morgan fingerprint density at radius 1 is 1.29 bits per heavy atom. The van der Waals surface area contributed by atoms with Crippen molar-refractivity contribution < 1.29 is 14.6 Å². The number of rotatable bonds is 5. The smallest absolute Gasteiger partial charge is 0.165 e. The third-order valence-corrected chi connectivity index (χ3v) is 3.27. The second kappa shape index (κ2) is 4.94. The summed E-state index contributed by atoms with van der Waals surface area (Å²) in [7, 11) is 3.17. The Morgan fingerprint density at radius 2 is 2.00 bits per heavy atom. The van der Waals surface area contributed by atoms with E-state index in [0.29, 0.717) is 17.4 Å². The number of aliphatic hydroxyl groups is 1. The van der Waals surface area contributed by atoms with Gasteiger partial charge in [-0.2, -0.15) is 0 Å². The summed E-state index contributed by atoms with van der Waals surface area (Å²) in [6, 6.07) is 5.12. The number of hydrogen-bond donors (Lipinski definition) is 2. The number of benzene rings is 1. The van der Waals surface area contributed by atoms with Crippen LogP contribution in [0.25, 0.3) is 0 Å². The summed E-state index contributed by atoms with van der Waals surface area (Å²) in [5.41, 5.74) is 6.89. The highest BCUT2D eigenvalue weighted by atomic mass is 16.5. The predicted octanol–water partition coefficient (Wildman–Crippen LogP) is 1.47. The first-order chi connectivity index (χ1) is 8.19. The summed E-state index contributed by atoms with van der Waals surface area (Å²) in [5.74, 6) is 1.59. The zero-order chi connectivity index (χ0) is 12.4. The Kier molecular flexibility index (Phi) is 3.54. The molecule has 1 saturated carbocycles. The van der Waals surface area contributed by atoms with Gasteiger partial charge in [0.1, 0.15) is 0 Å². The van der Waals surface area contributed by atoms with Crippen LogP contribution in [-0.4, -0.2) is 25.4 Å². The third-order valence-electron chi connectivity index (χ3n) is 3.27. The molecule has 0 radical (unpaired) electrons. The molecule has 2 atom stereocenters. The van der Waals surface area contributed by atoms with Gasteiger partial charge in [0.25, 0.3) is 0 Å². The van der Waals surface area contributed by atoms with E-state index in [0.717, 1.165) is 18.4 Å². The van der Waals surface area contributed by atoms with Crippen LogP contribution in [0.1, 0.15) is 24.4 Å². The van der Waals surface area contributed by atoms with E-state index in [1.54, 1.807) is 14.2 Å². The molecule has 0 unspecified atom stereocenters. The van der Waals surface area contributed by atoms with E-state index in [1.165, 1.54) is 0 Å². The van der Waals surface area contributed by atoms with Crippen molar-refractivity contribution >= 4 is 0 Å². The highest BCUT2D eigenvalue weighted by Crippen LogP contribution is 2.41. The Morgan fingerprint density at radius 3 is 2.53 bits per heavy atom. The SMILES string of the molecule is COc1cccc([C@H](N)[C@H](O)C2CC2)c1OC. The maximum Gasteiger partial charge on any atom is 0.165 e. The fraction of sp³-hybridized carbons (Fsp3) is 0.538. The van der Waals surface area contributed by atoms with Crippen molar-refractivity contribution in [2.45, 2.75) is 25.0 Å². The molecule has 1 aliphatic rings. The van der Waals surface area contributed by atoms with Crippen molar-refractivity contribution in [3.63, 3.8) is 0 Å². The fourth-order valence-electron chi connectivity index (χ4n) is 2.09. The molecule has 2 rings (SSSR count). The van der Waals surface area contributed by atoms with Crippen LogP contribution in [0.3, 0.4) is 0 Å². The molecule has 0 spiro atoms. The average Bonchev–Trinajstić information content (AvgIpc) is 3.20. The van der Waals surface area contributed by atoms with Crippen molar-refractivity contribution in [1.29, 1.82) is 0 Å². The molecule has 1 fully saturated rings. The van der Waals surface area contributed by atoms with Gasteiger partial charge in [0, 0.05) is 5.56 Å². The lowest BCUT2D eigenvalue weighted by Gasteiger charge is -2.22. The van der Waals surface area contributed by atoms with Gasteiger partial charge >= 0.3 is 0 Å². The van der Waals surface area contributed by atoms with Crippen LogP contribution in [0.2, 0.25) is 0 Å². The normalized spacial score (nSPS) is 18.6. The van der Waals surface area contributed by atoms with Gasteiger partial charge in [-0.15, -0.1) is 0 Å². The van der Waals surface area contributed by atoms with Crippen molar-refractivity contribution in [2.24, 2.45) is 11.7 Å². The molecule has 4 nitrogen and oxygen atoms in total. The predicted molar refractivity (Wildman–Crippen MR) is 65.2 cm³/mol. The summed E-state index contributed by atoms with van der Waals surface area (Å²) >= 11 is 0. The minimum absolute atomic E-state index is 0.334. The van der Waals surface area contributed by atoms with Crippen LogP contribution in [0.15, 0.2) is 18.2 Å². The minimum atomic E-state index is -0.504. The summed E-state index contributed by atoms with van der Waals surface area (Å²) in [6.07, 6.45) is 1.61. The van der Waals surface area contributed by atoms with Gasteiger partial charge in [0.2, 0.25) is 0 Å². The van der Waals surface area contributed by atoms with Gasteiger partial charge in [-0.05, 0) is 24.8 Å². The van der Waals surface area contributed by atoms with E-state index in [1.807, 2.05) is 18.2 Å². The standard InChI is InChI=1S/C13H19NO3/c1-16-10-5-3-4-9(13(10)17-2)11(14)12(15)8-6-7-8/h3-5,8,11-12,15H,6-7,14H2,1-2H3/t11-,12+/m0/s1. The van der Waals surface area contributed by atoms with E-state index >= 15 is 0 Å². The van der Waals surface area contributed by atoms with Crippen LogP contribution >= 0.6 is 0 Å². The first-order valence-corrected chi connectivity index (χ1v) is 5.83. The molecular weight excluding hydrogens is 218 g/mol. The van der Waals surface area contributed by atoms with E-state index in [9.17, 15) is 5.11 Å². The molecule has 0 aliphatic heterocycles. The number of para-hydroxylation sites is 1. The first-order valence-electron chi connectivity index (χ1n) is 5.83. The maximum absolute atomic E-state index is 10.1. The Balaban J connectivity index is 2.29. The van der Waals surface area contributed by atoms with Crippen LogP contribution in [0.4, 0.5) is 0 Å². The lowest BCUT2D eigenvalue weighted by molar-refractivity contribution is 0.121. The van der Waals surface area contributed by atoms with Crippen molar-refractivity contribution in [2.75, 3.05) is 14.2 Å². The summed E-state index contributed by atoms with van der Waals surface area (Å²) in [5, 5.41) is 10.1. The van der Waals surface area contributed by atoms with Crippen LogP contribution in [0.5, 0.6) is 11.5 Å². The quantitative estimate of drug-likeness (QED) is 0.814. The zero-order valence-corrected chi connectivity index (χ0v) is 10.2. The number of nitrogens with two attached hydrogens (primary N) is 1.